The molecule has 0 spiro atoms. The van der Waals surface area contributed by atoms with Gasteiger partial charge in [0, 0.05) is 0 Å². The highest BCUT2D eigenvalue weighted by Crippen LogP contribution is 1.79. The van der Waals surface area contributed by atoms with Gasteiger partial charge in [-0.2, -0.15) is 0 Å². The Morgan fingerprint density at radius 1 is 1.71 bits per heavy atom. The summed E-state index contributed by atoms with van der Waals surface area (Å²) in [6, 6.07) is 0. The summed E-state index contributed by atoms with van der Waals surface area (Å²) in [7, 11) is 0. The number of thiocarbonyl (C=S) groups is 1. The summed E-state index contributed by atoms with van der Waals surface area (Å²) in [5, 5.41) is 2.51. The van der Waals surface area contributed by atoms with Gasteiger partial charge < -0.3 is 0 Å². The van der Waals surface area contributed by atoms with Gasteiger partial charge >= 0.3 is 0 Å². The van der Waals surface area contributed by atoms with Gasteiger partial charge in [0.1, 0.15) is 0 Å². The van der Waals surface area contributed by atoms with E-state index in [1.807, 2.05) is 25.2 Å². The lowest BCUT2D eigenvalue weighted by Gasteiger charge is -1.69. The second kappa shape index (κ2) is 5.61. The summed E-state index contributed by atoms with van der Waals surface area (Å²) in [5.74, 6) is 0. The van der Waals surface area contributed by atoms with Crippen LogP contribution in [0.3, 0.4) is 0 Å². The maximum Gasteiger partial charge on any atom is -0.00845 e. The summed E-state index contributed by atoms with van der Waals surface area (Å²) in [6.45, 7) is 1.98. The lowest BCUT2D eigenvalue weighted by atomic mass is 10.4. The van der Waals surface area contributed by atoms with E-state index >= 15 is 0 Å². The third-order valence-corrected chi connectivity index (χ3v) is 0.740. The van der Waals surface area contributed by atoms with Crippen molar-refractivity contribution in [2.75, 3.05) is 0 Å². The topological polar surface area (TPSA) is 0 Å². The average Bonchev–Trinajstić information content (AvgIpc) is 1.69. The van der Waals surface area contributed by atoms with Crippen LogP contribution in [0, 0.1) is 0 Å². The highest BCUT2D eigenvalue weighted by Gasteiger charge is 1.61. The summed E-state index contributed by atoms with van der Waals surface area (Å²) in [6.07, 6.45) is 6.75. The van der Waals surface area contributed by atoms with Gasteiger partial charge in [-0.1, -0.05) is 17.2 Å². The zero-order chi connectivity index (χ0) is 5.54. The van der Waals surface area contributed by atoms with Crippen LogP contribution in [0.25, 0.3) is 0 Å². The molecule has 0 aromatic heterocycles. The van der Waals surface area contributed by atoms with Crippen molar-refractivity contribution >= 4 is 17.2 Å². The standard InChI is InChI=1S/C6H8S/c1-2-3-4-5-6-7/h2-3,5H,4H2,1H3. The average molecular weight is 112 g/mol. The largest absolute Gasteiger partial charge is 0.0913 e. The first kappa shape index (κ1) is 6.61. The van der Waals surface area contributed by atoms with Crippen molar-refractivity contribution in [1.82, 2.24) is 0 Å². The fourth-order valence-corrected chi connectivity index (χ4v) is 0.348. The van der Waals surface area contributed by atoms with Crippen LogP contribution >= 0.6 is 12.2 Å². The molecule has 0 fully saturated rings. The Morgan fingerprint density at radius 3 is 2.86 bits per heavy atom. The number of hydrogen-bond donors (Lipinski definition) is 0. The maximum absolute atomic E-state index is 4.43. The van der Waals surface area contributed by atoms with E-state index < -0.39 is 0 Å². The Hall–Kier alpha value is -0.390. The number of hydrogen-bond acceptors (Lipinski definition) is 1. The quantitative estimate of drug-likeness (QED) is 0.389. The van der Waals surface area contributed by atoms with E-state index in [4.69, 9.17) is 0 Å². The predicted octanol–water partition coefficient (Wildman–Crippen LogP) is 2.11. The smallest absolute Gasteiger partial charge is 0.00845 e. The monoisotopic (exact) mass is 112 g/mol. The van der Waals surface area contributed by atoms with Crippen LogP contribution in [-0.4, -0.2) is 5.02 Å². The Labute approximate surface area is 49.5 Å². The summed E-state index contributed by atoms with van der Waals surface area (Å²) >= 11 is 4.43. The predicted molar refractivity (Wildman–Crippen MR) is 36.6 cm³/mol. The van der Waals surface area contributed by atoms with E-state index in [9.17, 15) is 0 Å². The molecule has 0 rings (SSSR count). The minimum Gasteiger partial charge on any atom is -0.0913 e. The van der Waals surface area contributed by atoms with Crippen LogP contribution in [0.15, 0.2) is 18.2 Å². The van der Waals surface area contributed by atoms with Crippen molar-refractivity contribution in [2.24, 2.45) is 0 Å². The molecule has 0 aliphatic heterocycles. The first-order chi connectivity index (χ1) is 3.41. The van der Waals surface area contributed by atoms with Crippen LogP contribution in [0.4, 0.5) is 0 Å². The number of rotatable bonds is 2. The lowest BCUT2D eigenvalue weighted by molar-refractivity contribution is 1.40. The molecular formula is C6H8S. The first-order valence-electron chi connectivity index (χ1n) is 2.22. The zero-order valence-corrected chi connectivity index (χ0v) is 5.16. The molecule has 0 saturated heterocycles. The molecule has 0 heterocycles. The SMILES string of the molecule is CC=CCC=C=S. The normalized spacial score (nSPS) is 8.71. The summed E-state index contributed by atoms with van der Waals surface area (Å²) < 4.78 is 0. The Morgan fingerprint density at radius 2 is 2.43 bits per heavy atom. The third-order valence-electron chi connectivity index (χ3n) is 0.573. The minimum absolute atomic E-state index is 0.917. The van der Waals surface area contributed by atoms with Gasteiger partial charge in [-0.3, -0.25) is 0 Å². The first-order valence-corrected chi connectivity index (χ1v) is 2.63. The van der Waals surface area contributed by atoms with Crippen molar-refractivity contribution in [3.8, 4) is 0 Å². The van der Waals surface area contributed by atoms with Crippen LogP contribution < -0.4 is 0 Å². The molecule has 0 radical (unpaired) electrons. The number of allylic oxidation sites excluding steroid dienone is 3. The van der Waals surface area contributed by atoms with E-state index in [2.05, 4.69) is 17.2 Å². The highest BCUT2D eigenvalue weighted by molar-refractivity contribution is 7.78. The molecule has 0 atom stereocenters. The summed E-state index contributed by atoms with van der Waals surface area (Å²) in [4.78, 5) is 0. The van der Waals surface area contributed by atoms with Crippen LogP contribution in [0.5, 0.6) is 0 Å². The van der Waals surface area contributed by atoms with Gasteiger partial charge in [-0.25, -0.2) is 0 Å². The lowest BCUT2D eigenvalue weighted by Crippen LogP contribution is -1.52. The molecule has 0 saturated carbocycles. The Bertz CT molecular complexity index is 96.7. The van der Waals surface area contributed by atoms with Gasteiger partial charge in [0.2, 0.25) is 0 Å². The van der Waals surface area contributed by atoms with Crippen molar-refractivity contribution < 1.29 is 0 Å². The van der Waals surface area contributed by atoms with E-state index in [1.165, 1.54) is 0 Å². The second-order valence-corrected chi connectivity index (χ2v) is 1.36. The van der Waals surface area contributed by atoms with Gasteiger partial charge in [-0.05, 0) is 31.6 Å². The zero-order valence-electron chi connectivity index (χ0n) is 4.35. The van der Waals surface area contributed by atoms with Crippen LogP contribution in [-0.2, 0) is 0 Å². The van der Waals surface area contributed by atoms with Crippen molar-refractivity contribution in [1.29, 1.82) is 0 Å². The van der Waals surface area contributed by atoms with Gasteiger partial charge in [0.25, 0.3) is 0 Å². The maximum atomic E-state index is 4.43. The van der Waals surface area contributed by atoms with Gasteiger partial charge in [-0.15, -0.1) is 0 Å². The molecule has 0 bridgehead atoms. The fourth-order valence-electron chi connectivity index (χ4n) is 0.252. The molecular weight excluding hydrogens is 104 g/mol. The second-order valence-electron chi connectivity index (χ2n) is 1.13. The third kappa shape index (κ3) is 5.61. The van der Waals surface area contributed by atoms with Gasteiger partial charge in [0.15, 0.2) is 0 Å². The van der Waals surface area contributed by atoms with Crippen molar-refractivity contribution in [3.63, 3.8) is 0 Å². The van der Waals surface area contributed by atoms with E-state index in [0.29, 0.717) is 0 Å². The molecule has 0 amide bonds. The van der Waals surface area contributed by atoms with Crippen molar-refractivity contribution in [2.45, 2.75) is 13.3 Å². The fraction of sp³-hybridized carbons (Fsp3) is 0.333. The molecule has 0 unspecified atom stereocenters. The minimum atomic E-state index is 0.917. The Balaban J connectivity index is 3.15. The molecule has 38 valence electrons. The highest BCUT2D eigenvalue weighted by atomic mass is 32.1. The molecule has 0 aromatic rings. The van der Waals surface area contributed by atoms with E-state index in [1.54, 1.807) is 0 Å². The van der Waals surface area contributed by atoms with Gasteiger partial charge in [0.05, 0.1) is 0 Å². The molecule has 0 aliphatic rings. The molecule has 7 heavy (non-hydrogen) atoms. The van der Waals surface area contributed by atoms with E-state index in [0.717, 1.165) is 6.42 Å². The van der Waals surface area contributed by atoms with E-state index in [-0.39, 0.29) is 0 Å². The molecule has 1 heteroatoms. The molecule has 0 aliphatic carbocycles. The molecule has 0 N–H and O–H groups in total. The molecule has 0 nitrogen and oxygen atoms in total. The van der Waals surface area contributed by atoms with Crippen molar-refractivity contribution in [3.05, 3.63) is 18.2 Å². The molecule has 0 aromatic carbocycles. The Kier molecular flexibility index (Phi) is 5.30. The summed E-state index contributed by atoms with van der Waals surface area (Å²) in [5.41, 5.74) is 0. The van der Waals surface area contributed by atoms with Crippen LogP contribution in [0.2, 0.25) is 0 Å². The van der Waals surface area contributed by atoms with Crippen LogP contribution in [0.1, 0.15) is 13.3 Å².